The second-order valence-corrected chi connectivity index (χ2v) is 4.16. The second kappa shape index (κ2) is 13.3. The van der Waals surface area contributed by atoms with E-state index in [1.54, 1.807) is 0 Å². The summed E-state index contributed by atoms with van der Waals surface area (Å²) in [4.78, 5) is 49.8. The number of hydrogen-bond acceptors (Lipinski definition) is 6. The number of rotatable bonds is 4. The van der Waals surface area contributed by atoms with E-state index >= 15 is 0 Å². The van der Waals surface area contributed by atoms with Gasteiger partial charge in [-0.2, -0.15) is 0 Å². The van der Waals surface area contributed by atoms with Crippen LogP contribution in [-0.2, 0) is 19.2 Å². The lowest BCUT2D eigenvalue weighted by molar-refractivity contribution is -0.132. The molecule has 0 aliphatic rings. The number of Topliss-reactive ketones (excluding diaryl/α,β-unsaturated/α-hetero) is 3. The van der Waals surface area contributed by atoms with Gasteiger partial charge in [-0.3, -0.25) is 4.79 Å². The van der Waals surface area contributed by atoms with E-state index in [2.05, 4.69) is 5.18 Å². The molecule has 0 fully saturated rings. The van der Waals surface area contributed by atoms with Crippen molar-refractivity contribution in [3.05, 3.63) is 16.2 Å². The number of carbonyl (C=O) groups is 4. The van der Waals surface area contributed by atoms with Gasteiger partial charge in [0.05, 0.1) is 12.0 Å². The molecule has 0 saturated carbocycles. The normalized spacial score (nSPS) is 9.70. The van der Waals surface area contributed by atoms with Crippen molar-refractivity contribution in [2.45, 2.75) is 48.0 Å². The number of hydrogen-bond donors (Lipinski definition) is 1. The van der Waals surface area contributed by atoms with Crippen LogP contribution in [0.1, 0.15) is 48.0 Å². The van der Waals surface area contributed by atoms with Crippen LogP contribution in [-0.4, -0.2) is 28.4 Å². The first-order valence-electron chi connectivity index (χ1n) is 5.65. The van der Waals surface area contributed by atoms with Crippen LogP contribution in [0.5, 0.6) is 0 Å². The fourth-order valence-electron chi connectivity index (χ4n) is 0.593. The number of nitrogens with zero attached hydrogens (tertiary/aromatic N) is 1. The summed E-state index contributed by atoms with van der Waals surface area (Å²) in [6.07, 6.45) is -0.221. The minimum Gasteiger partial charge on any atom is -0.478 e. The van der Waals surface area contributed by atoms with Crippen molar-refractivity contribution < 1.29 is 24.3 Å². The van der Waals surface area contributed by atoms with E-state index < -0.39 is 5.97 Å². The quantitative estimate of drug-likeness (QED) is 0.626. The van der Waals surface area contributed by atoms with Gasteiger partial charge in [-0.1, -0.05) is 0 Å². The van der Waals surface area contributed by atoms with Crippen LogP contribution < -0.4 is 0 Å². The Labute approximate surface area is 118 Å². The molecule has 7 nitrogen and oxygen atoms in total. The van der Waals surface area contributed by atoms with Crippen molar-refractivity contribution in [2.75, 3.05) is 0 Å². The molecule has 0 aliphatic heterocycles. The highest BCUT2D eigenvalue weighted by Crippen LogP contribution is 2.10. The lowest BCUT2D eigenvalue weighted by atomic mass is 10.1. The molecule has 0 spiro atoms. The summed E-state index contributed by atoms with van der Waals surface area (Å²) in [6, 6.07) is 0. The first-order valence-corrected chi connectivity index (χ1v) is 5.65. The maximum absolute atomic E-state index is 10.5. The Morgan fingerprint density at radius 2 is 1.15 bits per heavy atom. The number of carboxylic acids is 1. The van der Waals surface area contributed by atoms with Crippen LogP contribution in [0.2, 0.25) is 0 Å². The van der Waals surface area contributed by atoms with Gasteiger partial charge in [0.1, 0.15) is 23.0 Å². The van der Waals surface area contributed by atoms with Gasteiger partial charge < -0.3 is 14.7 Å². The summed E-state index contributed by atoms with van der Waals surface area (Å²) in [7, 11) is 0. The van der Waals surface area contributed by atoms with Crippen molar-refractivity contribution in [2.24, 2.45) is 5.18 Å². The molecular weight excluding hydrogens is 266 g/mol. The lowest BCUT2D eigenvalue weighted by Crippen LogP contribution is -2.02. The SMILES string of the molecule is CC(=O)CC(N=O)=C(C)C(=O)O.CC(C)=O.CC(C)=O. The molecule has 0 rings (SSSR count). The summed E-state index contributed by atoms with van der Waals surface area (Å²) in [5, 5.41) is 10.9. The molecule has 0 aromatic rings. The predicted octanol–water partition coefficient (Wildman–Crippen LogP) is 2.28. The van der Waals surface area contributed by atoms with Crippen LogP contribution in [0, 0.1) is 4.91 Å². The predicted molar refractivity (Wildman–Crippen MR) is 74.1 cm³/mol. The van der Waals surface area contributed by atoms with Gasteiger partial charge in [-0.15, -0.1) is 4.91 Å². The minimum atomic E-state index is -1.23. The first-order chi connectivity index (χ1) is 8.95. The smallest absolute Gasteiger partial charge is 0.333 e. The molecule has 0 atom stereocenters. The van der Waals surface area contributed by atoms with Crippen molar-refractivity contribution in [3.63, 3.8) is 0 Å². The number of carbonyl (C=O) groups excluding carboxylic acids is 3. The van der Waals surface area contributed by atoms with Gasteiger partial charge in [0, 0.05) is 0 Å². The second-order valence-electron chi connectivity index (χ2n) is 4.16. The van der Waals surface area contributed by atoms with Gasteiger partial charge >= 0.3 is 5.97 Å². The van der Waals surface area contributed by atoms with Crippen LogP contribution in [0.15, 0.2) is 16.4 Å². The topological polar surface area (TPSA) is 118 Å². The fraction of sp³-hybridized carbons (Fsp3) is 0.538. The molecule has 114 valence electrons. The van der Waals surface area contributed by atoms with Gasteiger partial charge in [-0.05, 0) is 46.7 Å². The van der Waals surface area contributed by atoms with E-state index in [9.17, 15) is 24.1 Å². The van der Waals surface area contributed by atoms with Gasteiger partial charge in [-0.25, -0.2) is 4.79 Å². The Hall–Kier alpha value is -2.18. The molecule has 1 N–H and O–H groups in total. The van der Waals surface area contributed by atoms with Crippen LogP contribution >= 0.6 is 0 Å². The maximum Gasteiger partial charge on any atom is 0.333 e. The lowest BCUT2D eigenvalue weighted by Gasteiger charge is -1.96. The molecule has 0 amide bonds. The third-order valence-electron chi connectivity index (χ3n) is 1.28. The summed E-state index contributed by atoms with van der Waals surface area (Å²) in [6.45, 7) is 8.61. The van der Waals surface area contributed by atoms with E-state index in [-0.39, 0.29) is 35.0 Å². The summed E-state index contributed by atoms with van der Waals surface area (Å²) < 4.78 is 0. The highest BCUT2D eigenvalue weighted by molar-refractivity contribution is 5.88. The minimum absolute atomic E-state index is 0.167. The van der Waals surface area contributed by atoms with E-state index in [1.165, 1.54) is 41.5 Å². The van der Waals surface area contributed by atoms with Gasteiger partial charge in [0.15, 0.2) is 0 Å². The number of aliphatic carboxylic acids is 1. The summed E-state index contributed by atoms with van der Waals surface area (Å²) >= 11 is 0. The van der Waals surface area contributed by atoms with E-state index in [0.717, 1.165) is 0 Å². The monoisotopic (exact) mass is 287 g/mol. The molecule has 7 heteroatoms. The van der Waals surface area contributed by atoms with E-state index in [0.29, 0.717) is 0 Å². The Morgan fingerprint density at radius 1 is 0.850 bits per heavy atom. The van der Waals surface area contributed by atoms with Crippen molar-refractivity contribution in [1.29, 1.82) is 0 Å². The van der Waals surface area contributed by atoms with Crippen molar-refractivity contribution in [1.82, 2.24) is 0 Å². The Bertz CT molecular complexity index is 389. The largest absolute Gasteiger partial charge is 0.478 e. The van der Waals surface area contributed by atoms with E-state index in [4.69, 9.17) is 5.11 Å². The third-order valence-corrected chi connectivity index (χ3v) is 1.28. The molecule has 0 aromatic carbocycles. The molecule has 0 radical (unpaired) electrons. The number of allylic oxidation sites excluding steroid dienone is 1. The number of nitroso groups, excluding NO2 is 1. The summed E-state index contributed by atoms with van der Waals surface area (Å²) in [5.74, 6) is -1.18. The Balaban J connectivity index is -0.000000297. The van der Waals surface area contributed by atoms with Gasteiger partial charge in [0.25, 0.3) is 0 Å². The molecule has 0 heterocycles. The Morgan fingerprint density at radius 3 is 1.30 bits per heavy atom. The third kappa shape index (κ3) is 24.9. The van der Waals surface area contributed by atoms with Crippen LogP contribution in [0.4, 0.5) is 0 Å². The molecule has 0 bridgehead atoms. The molecule has 0 saturated heterocycles. The zero-order chi connectivity index (χ0) is 16.9. The van der Waals surface area contributed by atoms with Crippen molar-refractivity contribution >= 4 is 23.3 Å². The molecule has 0 unspecified atom stereocenters. The highest BCUT2D eigenvalue weighted by atomic mass is 16.4. The van der Waals surface area contributed by atoms with Crippen LogP contribution in [0.3, 0.4) is 0 Å². The standard InChI is InChI=1S/C7H9NO4.2C3H6O/c1-4(9)3-6(8-12)5(2)7(10)11;2*1-3(2)4/h3H2,1-2H3,(H,10,11);2*1-2H3. The molecule has 0 aliphatic carbocycles. The molecule has 20 heavy (non-hydrogen) atoms. The van der Waals surface area contributed by atoms with Gasteiger partial charge in [0.2, 0.25) is 0 Å². The zero-order valence-corrected chi connectivity index (χ0v) is 12.6. The molecular formula is C13H21NO6. The fourth-order valence-corrected chi connectivity index (χ4v) is 0.593. The van der Waals surface area contributed by atoms with Crippen LogP contribution in [0.25, 0.3) is 0 Å². The molecule has 0 aromatic heterocycles. The summed E-state index contributed by atoms with van der Waals surface area (Å²) in [5.41, 5.74) is -0.393. The first kappa shape index (κ1) is 23.0. The highest BCUT2D eigenvalue weighted by Gasteiger charge is 2.11. The van der Waals surface area contributed by atoms with E-state index in [1.807, 2.05) is 0 Å². The number of ketones is 3. The average Bonchev–Trinajstić information content (AvgIpc) is 2.22. The maximum atomic E-state index is 10.5. The number of carboxylic acid groups (broad SMARTS) is 1. The average molecular weight is 287 g/mol. The Kier molecular flexibility index (Phi) is 15.2. The van der Waals surface area contributed by atoms with Crippen molar-refractivity contribution in [3.8, 4) is 0 Å². The zero-order valence-electron chi connectivity index (χ0n) is 12.6.